The van der Waals surface area contributed by atoms with Crippen LogP contribution in [0.5, 0.6) is 0 Å². The van der Waals surface area contributed by atoms with Gasteiger partial charge in [0.1, 0.15) is 12.4 Å². The number of hydrogen-bond acceptors (Lipinski definition) is 4. The van der Waals surface area contributed by atoms with Crippen LogP contribution in [0.1, 0.15) is 78.0 Å². The van der Waals surface area contributed by atoms with Crippen LogP contribution in [0.4, 0.5) is 0 Å². The first-order valence-electron chi connectivity index (χ1n) is 10.4. The van der Waals surface area contributed by atoms with E-state index < -0.39 is 0 Å². The molecule has 1 aliphatic carbocycles. The minimum Gasteiger partial charge on any atom is -0.458 e. The number of ether oxygens (including phenoxy) is 1. The Labute approximate surface area is 174 Å². The summed E-state index contributed by atoms with van der Waals surface area (Å²) in [7, 11) is 0. The molecule has 1 aromatic carbocycles. The molecular weight excluding hydrogens is 390 g/mol. The Bertz CT molecular complexity index is 986. The maximum absolute atomic E-state index is 13.2. The summed E-state index contributed by atoms with van der Waals surface area (Å²) >= 11 is 6.41. The van der Waals surface area contributed by atoms with Crippen LogP contribution >= 0.6 is 11.6 Å². The molecule has 3 heterocycles. The van der Waals surface area contributed by atoms with Crippen molar-refractivity contribution in [3.05, 3.63) is 46.5 Å². The minimum absolute atomic E-state index is 0.0579. The van der Waals surface area contributed by atoms with Gasteiger partial charge >= 0.3 is 5.97 Å². The van der Waals surface area contributed by atoms with Crippen molar-refractivity contribution in [2.45, 2.75) is 57.6 Å². The van der Waals surface area contributed by atoms with Gasteiger partial charge in [-0.25, -0.2) is 9.78 Å². The molecular formula is C22H24ClN3O3. The molecule has 0 spiro atoms. The summed E-state index contributed by atoms with van der Waals surface area (Å²) < 4.78 is 7.71. The van der Waals surface area contributed by atoms with Crippen LogP contribution in [-0.2, 0) is 4.74 Å². The number of carbonyl (C=O) groups excluding carboxylic acids is 2. The van der Waals surface area contributed by atoms with Crippen molar-refractivity contribution in [2.24, 2.45) is 5.92 Å². The van der Waals surface area contributed by atoms with E-state index in [1.807, 2.05) is 21.6 Å². The Morgan fingerprint density at radius 2 is 2.10 bits per heavy atom. The van der Waals surface area contributed by atoms with E-state index in [2.05, 4.69) is 11.9 Å². The van der Waals surface area contributed by atoms with Crippen LogP contribution in [0.3, 0.4) is 0 Å². The average molecular weight is 414 g/mol. The number of benzene rings is 1. The smallest absolute Gasteiger partial charge is 0.359 e. The molecule has 3 aliphatic rings. The number of halogens is 1. The Morgan fingerprint density at radius 3 is 2.93 bits per heavy atom. The van der Waals surface area contributed by atoms with E-state index in [-0.39, 0.29) is 24.0 Å². The van der Waals surface area contributed by atoms with Crippen molar-refractivity contribution in [1.29, 1.82) is 0 Å². The first kappa shape index (κ1) is 18.7. The second-order valence-electron chi connectivity index (χ2n) is 8.44. The molecule has 0 N–H and O–H groups in total. The zero-order valence-corrected chi connectivity index (χ0v) is 17.2. The molecule has 7 heteroatoms. The predicted molar refractivity (Wildman–Crippen MR) is 108 cm³/mol. The zero-order valence-electron chi connectivity index (χ0n) is 16.4. The highest BCUT2D eigenvalue weighted by Crippen LogP contribution is 2.41. The van der Waals surface area contributed by atoms with E-state index in [9.17, 15) is 9.59 Å². The summed E-state index contributed by atoms with van der Waals surface area (Å²) in [6.07, 6.45) is 7.31. The summed E-state index contributed by atoms with van der Waals surface area (Å²) in [5, 5.41) is 0.417. The first-order valence-corrected chi connectivity index (χ1v) is 10.8. The number of carbonyl (C=O) groups is 2. The van der Waals surface area contributed by atoms with Gasteiger partial charge in [-0.3, -0.25) is 9.36 Å². The van der Waals surface area contributed by atoms with Gasteiger partial charge in [0.15, 0.2) is 5.69 Å². The molecule has 29 heavy (non-hydrogen) atoms. The molecule has 2 aliphatic heterocycles. The number of nitrogens with zero attached hydrogens (tertiary/aromatic N) is 3. The maximum Gasteiger partial charge on any atom is 0.359 e. The third-order valence-electron chi connectivity index (χ3n) is 6.45. The van der Waals surface area contributed by atoms with E-state index >= 15 is 0 Å². The third kappa shape index (κ3) is 3.05. The van der Waals surface area contributed by atoms with Gasteiger partial charge in [-0.05, 0) is 50.2 Å². The second kappa shape index (κ2) is 7.17. The summed E-state index contributed by atoms with van der Waals surface area (Å²) in [4.78, 5) is 32.6. The van der Waals surface area contributed by atoms with Gasteiger partial charge in [0.05, 0.1) is 28.0 Å². The van der Waals surface area contributed by atoms with Gasteiger partial charge in [-0.1, -0.05) is 31.0 Å². The average Bonchev–Trinajstić information content (AvgIpc) is 3.32. The molecule has 0 radical (unpaired) electrons. The number of hydrogen-bond donors (Lipinski definition) is 0. The molecule has 152 valence electrons. The zero-order chi connectivity index (χ0) is 20.1. The van der Waals surface area contributed by atoms with Crippen molar-refractivity contribution in [2.75, 3.05) is 6.54 Å². The van der Waals surface area contributed by atoms with Crippen LogP contribution in [0.15, 0.2) is 24.5 Å². The van der Waals surface area contributed by atoms with E-state index in [1.165, 1.54) is 6.42 Å². The van der Waals surface area contributed by atoms with Crippen LogP contribution < -0.4 is 0 Å². The molecule has 5 rings (SSSR count). The van der Waals surface area contributed by atoms with Crippen molar-refractivity contribution in [3.8, 4) is 5.69 Å². The molecule has 1 aromatic heterocycles. The lowest BCUT2D eigenvalue weighted by Crippen LogP contribution is -2.31. The van der Waals surface area contributed by atoms with Crippen LogP contribution in [0.25, 0.3) is 5.69 Å². The number of amides is 1. The standard InChI is InChI=1S/C22H24ClN3O3/c1-13-5-2-6-14(11-13)29-22(28)19-20-17-9-4-10-25(17)21(27)18-15(23)7-3-8-16(18)26(20)12-24-19/h3,7-8,12-14,17H,2,4-6,9-11H2,1H3/t13-,14-,17?/m0/s1. The van der Waals surface area contributed by atoms with Crippen molar-refractivity contribution < 1.29 is 14.3 Å². The quantitative estimate of drug-likeness (QED) is 0.677. The lowest BCUT2D eigenvalue weighted by Gasteiger charge is -2.27. The predicted octanol–water partition coefficient (Wildman–Crippen LogP) is 4.55. The molecule has 1 unspecified atom stereocenters. The van der Waals surface area contributed by atoms with Gasteiger partial charge < -0.3 is 9.64 Å². The van der Waals surface area contributed by atoms with E-state index in [0.29, 0.717) is 34.4 Å². The van der Waals surface area contributed by atoms with Gasteiger partial charge in [0.2, 0.25) is 0 Å². The largest absolute Gasteiger partial charge is 0.458 e. The lowest BCUT2D eigenvalue weighted by molar-refractivity contribution is 0.0145. The van der Waals surface area contributed by atoms with Crippen LogP contribution in [0.2, 0.25) is 5.02 Å². The van der Waals surface area contributed by atoms with Crippen LogP contribution in [0, 0.1) is 5.92 Å². The number of rotatable bonds is 2. The SMILES string of the molecule is C[C@H]1CCC[C@H](OC(=O)c2ncn3c2C2CCCN2C(=O)c2c(Cl)cccc2-3)C1. The molecule has 0 bridgehead atoms. The van der Waals surface area contributed by atoms with Gasteiger partial charge in [-0.15, -0.1) is 0 Å². The Hall–Kier alpha value is -2.34. The van der Waals surface area contributed by atoms with Crippen LogP contribution in [-0.4, -0.2) is 39.0 Å². The minimum atomic E-state index is -0.386. The highest BCUT2D eigenvalue weighted by atomic mass is 35.5. The number of esters is 1. The third-order valence-corrected chi connectivity index (χ3v) is 6.77. The van der Waals surface area contributed by atoms with Gasteiger partial charge in [-0.2, -0.15) is 0 Å². The molecule has 3 atom stereocenters. The second-order valence-corrected chi connectivity index (χ2v) is 8.85. The molecule has 6 nitrogen and oxygen atoms in total. The Kier molecular flexibility index (Phi) is 4.62. The maximum atomic E-state index is 13.2. The van der Waals surface area contributed by atoms with E-state index in [4.69, 9.17) is 16.3 Å². The number of imidazole rings is 1. The first-order chi connectivity index (χ1) is 14.0. The molecule has 1 saturated carbocycles. The number of aromatic nitrogens is 2. The monoisotopic (exact) mass is 413 g/mol. The summed E-state index contributed by atoms with van der Waals surface area (Å²) in [5.41, 5.74) is 2.20. The highest BCUT2D eigenvalue weighted by molar-refractivity contribution is 6.34. The summed E-state index contributed by atoms with van der Waals surface area (Å²) in [6, 6.07) is 5.20. The molecule has 2 fully saturated rings. The van der Waals surface area contributed by atoms with Crippen molar-refractivity contribution >= 4 is 23.5 Å². The molecule has 2 aromatic rings. The molecule has 1 amide bonds. The number of fused-ring (bicyclic) bond motifs is 5. The fourth-order valence-electron chi connectivity index (χ4n) is 5.08. The van der Waals surface area contributed by atoms with Gasteiger partial charge in [0.25, 0.3) is 5.91 Å². The Balaban J connectivity index is 1.57. The van der Waals surface area contributed by atoms with E-state index in [0.717, 1.165) is 37.8 Å². The Morgan fingerprint density at radius 1 is 1.24 bits per heavy atom. The highest BCUT2D eigenvalue weighted by Gasteiger charge is 2.41. The molecule has 1 saturated heterocycles. The topological polar surface area (TPSA) is 64.4 Å². The van der Waals surface area contributed by atoms with Crippen molar-refractivity contribution in [3.63, 3.8) is 0 Å². The lowest BCUT2D eigenvalue weighted by atomic mass is 9.89. The normalized spacial score (nSPS) is 25.8. The fraction of sp³-hybridized carbons (Fsp3) is 0.500. The summed E-state index contributed by atoms with van der Waals surface area (Å²) in [5.74, 6) is 0.0949. The van der Waals surface area contributed by atoms with E-state index in [1.54, 1.807) is 12.4 Å². The van der Waals surface area contributed by atoms with Crippen molar-refractivity contribution in [1.82, 2.24) is 14.5 Å². The fourth-order valence-corrected chi connectivity index (χ4v) is 5.33. The summed E-state index contributed by atoms with van der Waals surface area (Å²) in [6.45, 7) is 2.85. The van der Waals surface area contributed by atoms with Gasteiger partial charge in [0, 0.05) is 6.54 Å².